The van der Waals surface area contributed by atoms with Gasteiger partial charge in [-0.05, 0) is 32.4 Å². The van der Waals surface area contributed by atoms with Gasteiger partial charge < -0.3 is 20.1 Å². The summed E-state index contributed by atoms with van der Waals surface area (Å²) in [5.41, 5.74) is 8.05. The Balaban J connectivity index is 2.30. The monoisotopic (exact) mass is 264 g/mol. The van der Waals surface area contributed by atoms with Crippen molar-refractivity contribution in [2.45, 2.75) is 39.3 Å². The molecule has 0 spiro atoms. The van der Waals surface area contributed by atoms with E-state index in [2.05, 4.69) is 24.8 Å². The average molecular weight is 264 g/mol. The summed E-state index contributed by atoms with van der Waals surface area (Å²) in [6.45, 7) is 8.51. The Morgan fingerprint density at radius 3 is 2.89 bits per heavy atom. The first-order valence-corrected chi connectivity index (χ1v) is 7.06. The molecule has 1 aromatic carbocycles. The molecule has 2 N–H and O–H groups in total. The van der Waals surface area contributed by atoms with E-state index in [1.165, 1.54) is 0 Å². The van der Waals surface area contributed by atoms with Crippen LogP contribution >= 0.6 is 0 Å². The van der Waals surface area contributed by atoms with Crippen LogP contribution in [0.15, 0.2) is 18.2 Å². The highest BCUT2D eigenvalue weighted by atomic mass is 16.5. The zero-order valence-electron chi connectivity index (χ0n) is 12.1. The second-order valence-corrected chi connectivity index (χ2v) is 4.98. The molecule has 19 heavy (non-hydrogen) atoms. The van der Waals surface area contributed by atoms with Crippen LogP contribution in [0, 0.1) is 0 Å². The van der Waals surface area contributed by atoms with Crippen molar-refractivity contribution in [3.8, 4) is 5.75 Å². The van der Waals surface area contributed by atoms with Gasteiger partial charge in [0.15, 0.2) is 0 Å². The lowest BCUT2D eigenvalue weighted by Gasteiger charge is -2.40. The van der Waals surface area contributed by atoms with Crippen LogP contribution in [0.5, 0.6) is 5.75 Å². The van der Waals surface area contributed by atoms with E-state index >= 15 is 0 Å². The fourth-order valence-electron chi connectivity index (χ4n) is 2.54. The van der Waals surface area contributed by atoms with Gasteiger partial charge in [0.1, 0.15) is 5.75 Å². The largest absolute Gasteiger partial charge is 0.492 e. The predicted octanol–water partition coefficient (Wildman–Crippen LogP) is 2.67. The van der Waals surface area contributed by atoms with E-state index in [1.807, 2.05) is 19.1 Å². The van der Waals surface area contributed by atoms with Crippen molar-refractivity contribution < 1.29 is 9.47 Å². The third-order valence-electron chi connectivity index (χ3n) is 3.59. The average Bonchev–Trinajstić information content (AvgIpc) is 2.41. The van der Waals surface area contributed by atoms with Crippen molar-refractivity contribution in [1.29, 1.82) is 0 Å². The minimum atomic E-state index is 0.234. The quantitative estimate of drug-likeness (QED) is 0.849. The first kappa shape index (κ1) is 14.0. The third kappa shape index (κ3) is 2.95. The highest BCUT2D eigenvalue weighted by Crippen LogP contribution is 2.35. The molecule has 1 fully saturated rings. The van der Waals surface area contributed by atoms with Crippen LogP contribution in [0.2, 0.25) is 0 Å². The molecule has 1 aromatic rings. The summed E-state index contributed by atoms with van der Waals surface area (Å²) in [5, 5.41) is 0. The molecular weight excluding hydrogens is 240 g/mol. The van der Waals surface area contributed by atoms with Crippen LogP contribution in [0.1, 0.15) is 27.2 Å². The van der Waals surface area contributed by atoms with Gasteiger partial charge in [-0.15, -0.1) is 0 Å². The molecule has 0 aliphatic carbocycles. The van der Waals surface area contributed by atoms with Crippen LogP contribution in [0.4, 0.5) is 11.4 Å². The van der Waals surface area contributed by atoms with Crippen LogP contribution in [0.3, 0.4) is 0 Å². The van der Waals surface area contributed by atoms with Gasteiger partial charge in [-0.1, -0.05) is 13.0 Å². The van der Waals surface area contributed by atoms with Gasteiger partial charge in [0.2, 0.25) is 0 Å². The van der Waals surface area contributed by atoms with Gasteiger partial charge in [-0.25, -0.2) is 0 Å². The Bertz CT molecular complexity index is 423. The summed E-state index contributed by atoms with van der Waals surface area (Å²) in [5.74, 6) is 0.772. The molecule has 0 bridgehead atoms. The molecule has 0 amide bonds. The van der Waals surface area contributed by atoms with Crippen LogP contribution < -0.4 is 15.4 Å². The third-order valence-corrected chi connectivity index (χ3v) is 3.59. The van der Waals surface area contributed by atoms with Crippen LogP contribution in [-0.4, -0.2) is 31.9 Å². The summed E-state index contributed by atoms with van der Waals surface area (Å²) in [6.07, 6.45) is 1.28. The van der Waals surface area contributed by atoms with Gasteiger partial charge in [-0.2, -0.15) is 0 Å². The van der Waals surface area contributed by atoms with Crippen molar-refractivity contribution in [2.75, 3.05) is 30.4 Å². The zero-order chi connectivity index (χ0) is 13.8. The number of nitrogen functional groups attached to an aromatic ring is 1. The maximum Gasteiger partial charge on any atom is 0.144 e. The van der Waals surface area contributed by atoms with Gasteiger partial charge in [-0.3, -0.25) is 0 Å². The Morgan fingerprint density at radius 2 is 2.21 bits per heavy atom. The molecule has 0 radical (unpaired) electrons. The van der Waals surface area contributed by atoms with E-state index in [0.717, 1.165) is 36.7 Å². The molecule has 106 valence electrons. The number of rotatable bonds is 4. The SMILES string of the molecule is CCOc1cccc(N2CC(C)OCC2CC)c1N. The summed E-state index contributed by atoms with van der Waals surface area (Å²) >= 11 is 0. The molecule has 2 rings (SSSR count). The molecular formula is C15H24N2O2. The smallest absolute Gasteiger partial charge is 0.144 e. The summed E-state index contributed by atoms with van der Waals surface area (Å²) in [6, 6.07) is 6.38. The minimum absolute atomic E-state index is 0.234. The second kappa shape index (κ2) is 6.15. The van der Waals surface area contributed by atoms with Crippen molar-refractivity contribution in [2.24, 2.45) is 0 Å². The predicted molar refractivity (Wildman–Crippen MR) is 78.9 cm³/mol. The number of hydrogen-bond acceptors (Lipinski definition) is 4. The molecule has 1 aliphatic heterocycles. The summed E-state index contributed by atoms with van der Waals surface area (Å²) in [7, 11) is 0. The molecule has 4 nitrogen and oxygen atoms in total. The van der Waals surface area contributed by atoms with Crippen LogP contribution in [-0.2, 0) is 4.74 Å². The number of anilines is 2. The van der Waals surface area contributed by atoms with E-state index in [-0.39, 0.29) is 6.10 Å². The number of para-hydroxylation sites is 1. The van der Waals surface area contributed by atoms with E-state index in [0.29, 0.717) is 12.6 Å². The Kier molecular flexibility index (Phi) is 4.53. The van der Waals surface area contributed by atoms with E-state index < -0.39 is 0 Å². The van der Waals surface area contributed by atoms with E-state index in [9.17, 15) is 0 Å². The summed E-state index contributed by atoms with van der Waals surface area (Å²) < 4.78 is 11.3. The van der Waals surface area contributed by atoms with E-state index in [1.54, 1.807) is 0 Å². The maximum atomic E-state index is 6.26. The van der Waals surface area contributed by atoms with Crippen molar-refractivity contribution in [3.63, 3.8) is 0 Å². The number of benzene rings is 1. The Labute approximate surface area is 115 Å². The molecule has 1 saturated heterocycles. The number of ether oxygens (including phenoxy) is 2. The van der Waals surface area contributed by atoms with Gasteiger partial charge in [0, 0.05) is 6.54 Å². The fourth-order valence-corrected chi connectivity index (χ4v) is 2.54. The molecule has 1 aliphatic rings. The zero-order valence-corrected chi connectivity index (χ0v) is 12.1. The van der Waals surface area contributed by atoms with Crippen LogP contribution in [0.25, 0.3) is 0 Å². The first-order valence-electron chi connectivity index (χ1n) is 7.06. The number of hydrogen-bond donors (Lipinski definition) is 1. The highest BCUT2D eigenvalue weighted by Gasteiger charge is 2.27. The first-order chi connectivity index (χ1) is 9.17. The molecule has 4 heteroatoms. The highest BCUT2D eigenvalue weighted by molar-refractivity contribution is 5.74. The lowest BCUT2D eigenvalue weighted by molar-refractivity contribution is 0.0300. The van der Waals surface area contributed by atoms with Crippen molar-refractivity contribution in [3.05, 3.63) is 18.2 Å². The van der Waals surface area contributed by atoms with Crippen molar-refractivity contribution in [1.82, 2.24) is 0 Å². The number of morpholine rings is 1. The molecule has 2 atom stereocenters. The Morgan fingerprint density at radius 1 is 1.42 bits per heavy atom. The Hall–Kier alpha value is -1.42. The second-order valence-electron chi connectivity index (χ2n) is 4.98. The number of nitrogens with zero attached hydrogens (tertiary/aromatic N) is 1. The van der Waals surface area contributed by atoms with Gasteiger partial charge >= 0.3 is 0 Å². The number of nitrogens with two attached hydrogens (primary N) is 1. The topological polar surface area (TPSA) is 47.7 Å². The standard InChI is InChI=1S/C15H24N2O2/c1-4-12-10-19-11(3)9-17(12)13-7-6-8-14(15(13)16)18-5-2/h6-8,11-12H,4-5,9-10,16H2,1-3H3. The maximum absolute atomic E-state index is 6.26. The minimum Gasteiger partial charge on any atom is -0.492 e. The molecule has 1 heterocycles. The lowest BCUT2D eigenvalue weighted by Crippen LogP contribution is -2.48. The van der Waals surface area contributed by atoms with Gasteiger partial charge in [0.05, 0.1) is 36.7 Å². The van der Waals surface area contributed by atoms with Gasteiger partial charge in [0.25, 0.3) is 0 Å². The molecule has 2 unspecified atom stereocenters. The van der Waals surface area contributed by atoms with Crippen molar-refractivity contribution >= 4 is 11.4 Å². The lowest BCUT2D eigenvalue weighted by atomic mass is 10.1. The normalized spacial score (nSPS) is 23.4. The summed E-state index contributed by atoms with van der Waals surface area (Å²) in [4.78, 5) is 2.35. The molecule has 0 saturated carbocycles. The fraction of sp³-hybridized carbons (Fsp3) is 0.600. The molecule has 0 aromatic heterocycles. The van der Waals surface area contributed by atoms with E-state index in [4.69, 9.17) is 15.2 Å².